The molecular formula is C6H9O4. The van der Waals surface area contributed by atoms with Crippen LogP contribution < -0.4 is 0 Å². The third-order valence-corrected chi connectivity index (χ3v) is 0.983. The quantitative estimate of drug-likeness (QED) is 0.322. The molecule has 0 spiro atoms. The van der Waals surface area contributed by atoms with Gasteiger partial charge in [0.15, 0.2) is 0 Å². The summed E-state index contributed by atoms with van der Waals surface area (Å²) < 4.78 is 8.52. The normalized spacial score (nSPS) is 11.9. The van der Waals surface area contributed by atoms with Crippen LogP contribution in [0.2, 0.25) is 0 Å². The second-order valence-electron chi connectivity index (χ2n) is 1.61. The molecule has 0 saturated carbocycles. The van der Waals surface area contributed by atoms with E-state index in [0.717, 1.165) is 0 Å². The zero-order valence-electron chi connectivity index (χ0n) is 6.13. The van der Waals surface area contributed by atoms with Crippen molar-refractivity contribution in [1.82, 2.24) is 0 Å². The summed E-state index contributed by atoms with van der Waals surface area (Å²) in [4.78, 5) is 10.6. The molecule has 0 heterocycles. The molecule has 0 atom stereocenters. The Bertz CT molecular complexity index is 159. The molecule has 0 amide bonds. The first-order valence-electron chi connectivity index (χ1n) is 2.63. The molecule has 0 aromatic heterocycles. The van der Waals surface area contributed by atoms with Crippen LogP contribution in [0.4, 0.5) is 0 Å². The van der Waals surface area contributed by atoms with E-state index in [0.29, 0.717) is 0 Å². The summed E-state index contributed by atoms with van der Waals surface area (Å²) in [6.07, 6.45) is 0. The highest BCUT2D eigenvalue weighted by Gasteiger charge is 2.11. The van der Waals surface area contributed by atoms with Crippen LogP contribution in [0.3, 0.4) is 0 Å². The summed E-state index contributed by atoms with van der Waals surface area (Å²) >= 11 is 0. The molecule has 4 nitrogen and oxygen atoms in total. The Hall–Kier alpha value is -1.19. The van der Waals surface area contributed by atoms with Gasteiger partial charge in [0.05, 0.1) is 14.2 Å². The number of rotatable bonds is 2. The predicted octanol–water partition coefficient (Wildman–Crippen LogP) is 0.468. The van der Waals surface area contributed by atoms with Crippen molar-refractivity contribution >= 4 is 5.97 Å². The Morgan fingerprint density at radius 1 is 1.20 bits per heavy atom. The van der Waals surface area contributed by atoms with Crippen LogP contribution in [-0.2, 0) is 19.4 Å². The van der Waals surface area contributed by atoms with Crippen LogP contribution >= 0.6 is 0 Å². The Morgan fingerprint density at radius 3 is 2.00 bits per heavy atom. The highest BCUT2D eigenvalue weighted by molar-refractivity contribution is 5.87. The third-order valence-electron chi connectivity index (χ3n) is 0.983. The van der Waals surface area contributed by atoms with E-state index in [1.807, 2.05) is 0 Å². The van der Waals surface area contributed by atoms with Crippen molar-refractivity contribution in [3.8, 4) is 0 Å². The van der Waals surface area contributed by atoms with Gasteiger partial charge in [-0.25, -0.2) is 9.90 Å². The van der Waals surface area contributed by atoms with E-state index < -0.39 is 11.9 Å². The number of esters is 1. The summed E-state index contributed by atoms with van der Waals surface area (Å²) in [5.74, 6) is -1.32. The lowest BCUT2D eigenvalue weighted by Gasteiger charge is -1.98. The molecule has 0 aromatic rings. The van der Waals surface area contributed by atoms with E-state index in [9.17, 15) is 9.90 Å². The number of hydrogen-bond acceptors (Lipinski definition) is 3. The summed E-state index contributed by atoms with van der Waals surface area (Å²) in [6, 6.07) is 0. The fourth-order valence-corrected chi connectivity index (χ4v) is 0.390. The Labute approximate surface area is 59.1 Å². The number of carbonyl (C=O) groups is 1. The van der Waals surface area contributed by atoms with Crippen molar-refractivity contribution in [2.24, 2.45) is 0 Å². The zero-order chi connectivity index (χ0) is 8.15. The fourth-order valence-electron chi connectivity index (χ4n) is 0.390. The van der Waals surface area contributed by atoms with Crippen molar-refractivity contribution in [2.75, 3.05) is 14.2 Å². The SMILES string of the molecule is COC(=O)C(C)=C([O])OC. The number of hydrogen-bond donors (Lipinski definition) is 0. The topological polar surface area (TPSA) is 55.4 Å². The van der Waals surface area contributed by atoms with E-state index in [1.165, 1.54) is 21.1 Å². The van der Waals surface area contributed by atoms with Gasteiger partial charge in [-0.3, -0.25) is 0 Å². The van der Waals surface area contributed by atoms with Crippen LogP contribution in [0, 0.1) is 0 Å². The van der Waals surface area contributed by atoms with Gasteiger partial charge < -0.3 is 9.47 Å². The molecular weight excluding hydrogens is 136 g/mol. The van der Waals surface area contributed by atoms with Crippen LogP contribution in [0.1, 0.15) is 6.92 Å². The lowest BCUT2D eigenvalue weighted by atomic mass is 10.3. The van der Waals surface area contributed by atoms with Gasteiger partial charge in [0.1, 0.15) is 5.57 Å². The van der Waals surface area contributed by atoms with Gasteiger partial charge >= 0.3 is 11.9 Å². The standard InChI is InChI=1S/C6H9O4/c1-4(5(7)9-2)6(8)10-3/h1-3H3. The van der Waals surface area contributed by atoms with Gasteiger partial charge in [0, 0.05) is 0 Å². The predicted molar refractivity (Wildman–Crippen MR) is 32.4 cm³/mol. The highest BCUT2D eigenvalue weighted by atomic mass is 16.6. The number of methoxy groups -OCH3 is 2. The molecule has 0 fully saturated rings. The van der Waals surface area contributed by atoms with E-state index in [2.05, 4.69) is 9.47 Å². The summed E-state index contributed by atoms with van der Waals surface area (Å²) in [6.45, 7) is 1.34. The molecule has 0 aliphatic heterocycles. The first-order chi connectivity index (χ1) is 4.63. The zero-order valence-corrected chi connectivity index (χ0v) is 6.13. The van der Waals surface area contributed by atoms with Gasteiger partial charge in [-0.15, -0.1) is 0 Å². The maximum atomic E-state index is 10.6. The summed E-state index contributed by atoms with van der Waals surface area (Å²) in [5, 5.41) is 10.6. The van der Waals surface area contributed by atoms with E-state index in [1.54, 1.807) is 0 Å². The van der Waals surface area contributed by atoms with Gasteiger partial charge in [-0.2, -0.15) is 0 Å². The van der Waals surface area contributed by atoms with Crippen LogP contribution in [0.5, 0.6) is 0 Å². The smallest absolute Gasteiger partial charge is 0.340 e. The second kappa shape index (κ2) is 3.76. The van der Waals surface area contributed by atoms with Crippen molar-refractivity contribution < 1.29 is 19.4 Å². The highest BCUT2D eigenvalue weighted by Crippen LogP contribution is 2.02. The lowest BCUT2D eigenvalue weighted by molar-refractivity contribution is -0.136. The lowest BCUT2D eigenvalue weighted by Crippen LogP contribution is -2.05. The molecule has 0 unspecified atom stereocenters. The summed E-state index contributed by atoms with van der Waals surface area (Å²) in [7, 11) is 2.41. The average molecular weight is 145 g/mol. The minimum atomic E-state index is -0.660. The van der Waals surface area contributed by atoms with Gasteiger partial charge in [0.25, 0.3) is 0 Å². The van der Waals surface area contributed by atoms with Crippen LogP contribution in [0.15, 0.2) is 11.5 Å². The van der Waals surface area contributed by atoms with Crippen molar-refractivity contribution in [1.29, 1.82) is 0 Å². The van der Waals surface area contributed by atoms with E-state index in [-0.39, 0.29) is 5.57 Å². The molecule has 0 aliphatic rings. The van der Waals surface area contributed by atoms with Gasteiger partial charge in [-0.1, -0.05) is 0 Å². The molecule has 4 heteroatoms. The maximum Gasteiger partial charge on any atom is 0.340 e. The minimum absolute atomic E-state index is 0.0509. The Kier molecular flexibility index (Phi) is 3.32. The molecule has 0 rings (SSSR count). The third kappa shape index (κ3) is 1.97. The molecule has 0 N–H and O–H groups in total. The number of ether oxygens (including phenoxy) is 2. The maximum absolute atomic E-state index is 10.6. The molecule has 1 radical (unpaired) electrons. The van der Waals surface area contributed by atoms with Crippen molar-refractivity contribution in [3.05, 3.63) is 11.5 Å². The molecule has 0 aromatic carbocycles. The number of carbonyl (C=O) groups excluding carboxylic acids is 1. The molecule has 57 valence electrons. The van der Waals surface area contributed by atoms with Gasteiger partial charge in [0.2, 0.25) is 0 Å². The molecule has 10 heavy (non-hydrogen) atoms. The monoisotopic (exact) mass is 145 g/mol. The first-order valence-corrected chi connectivity index (χ1v) is 2.63. The average Bonchev–Trinajstić information content (AvgIpc) is 2.00. The van der Waals surface area contributed by atoms with Crippen molar-refractivity contribution in [2.45, 2.75) is 6.92 Å². The second-order valence-corrected chi connectivity index (χ2v) is 1.61. The van der Waals surface area contributed by atoms with E-state index in [4.69, 9.17) is 0 Å². The summed E-state index contributed by atoms with van der Waals surface area (Å²) in [5.41, 5.74) is -0.0509. The largest absolute Gasteiger partial charge is 0.465 e. The van der Waals surface area contributed by atoms with Crippen LogP contribution in [0.25, 0.3) is 0 Å². The molecule has 0 aliphatic carbocycles. The Balaban J connectivity index is 4.30. The molecule has 0 bridgehead atoms. The Morgan fingerprint density at radius 2 is 1.70 bits per heavy atom. The van der Waals surface area contributed by atoms with Gasteiger partial charge in [-0.05, 0) is 6.92 Å². The molecule has 0 saturated heterocycles. The minimum Gasteiger partial charge on any atom is -0.465 e. The van der Waals surface area contributed by atoms with E-state index >= 15 is 0 Å². The first kappa shape index (κ1) is 8.81. The van der Waals surface area contributed by atoms with Crippen LogP contribution in [-0.4, -0.2) is 20.2 Å². The fraction of sp³-hybridized carbons (Fsp3) is 0.500. The van der Waals surface area contributed by atoms with Crippen molar-refractivity contribution in [3.63, 3.8) is 0 Å².